The van der Waals surface area contributed by atoms with Gasteiger partial charge in [0.1, 0.15) is 11.4 Å². The van der Waals surface area contributed by atoms with E-state index in [1.54, 1.807) is 17.0 Å². The Morgan fingerprint density at radius 2 is 2.09 bits per heavy atom. The first-order chi connectivity index (χ1) is 10.7. The highest BCUT2D eigenvalue weighted by molar-refractivity contribution is 9.10. The summed E-state index contributed by atoms with van der Waals surface area (Å²) < 4.78 is 6.26. The predicted octanol–water partition coefficient (Wildman–Crippen LogP) is 3.49. The fourth-order valence-corrected chi connectivity index (χ4v) is 3.67. The number of hydrogen-bond acceptors (Lipinski definition) is 4. The van der Waals surface area contributed by atoms with Crippen LogP contribution in [0.5, 0.6) is 5.75 Å². The van der Waals surface area contributed by atoms with Crippen LogP contribution in [0.4, 0.5) is 4.79 Å². The molecule has 128 valence electrons. The molecule has 5 nitrogen and oxygen atoms in total. The zero-order chi connectivity index (χ0) is 17.2. The van der Waals surface area contributed by atoms with Gasteiger partial charge in [0.2, 0.25) is 0 Å². The first kappa shape index (κ1) is 18.1. The van der Waals surface area contributed by atoms with Gasteiger partial charge < -0.3 is 19.8 Å². The Morgan fingerprint density at radius 3 is 2.65 bits per heavy atom. The highest BCUT2D eigenvalue weighted by Crippen LogP contribution is 2.42. The minimum absolute atomic E-state index is 0.0368. The first-order valence-corrected chi connectivity index (χ1v) is 8.58. The van der Waals surface area contributed by atoms with Gasteiger partial charge in [0.05, 0.1) is 0 Å². The fraction of sp³-hybridized carbons (Fsp3) is 0.588. The van der Waals surface area contributed by atoms with E-state index in [9.17, 15) is 15.0 Å². The Kier molecular flexibility index (Phi) is 5.57. The number of benzene rings is 1. The second kappa shape index (κ2) is 7.09. The van der Waals surface area contributed by atoms with Gasteiger partial charge in [-0.15, -0.1) is 0 Å². The molecule has 2 rings (SSSR count). The molecule has 0 aromatic heterocycles. The van der Waals surface area contributed by atoms with Gasteiger partial charge in [0, 0.05) is 35.7 Å². The van der Waals surface area contributed by atoms with Gasteiger partial charge in [-0.1, -0.05) is 22.0 Å². The monoisotopic (exact) mass is 385 g/mol. The summed E-state index contributed by atoms with van der Waals surface area (Å²) in [7, 11) is 0. The maximum atomic E-state index is 12.3. The normalized spacial score (nSPS) is 21.5. The van der Waals surface area contributed by atoms with Gasteiger partial charge in [0.25, 0.3) is 0 Å². The van der Waals surface area contributed by atoms with Gasteiger partial charge >= 0.3 is 6.09 Å². The summed E-state index contributed by atoms with van der Waals surface area (Å²) >= 11 is 3.48. The van der Waals surface area contributed by atoms with Crippen molar-refractivity contribution in [1.82, 2.24) is 4.90 Å². The van der Waals surface area contributed by atoms with E-state index >= 15 is 0 Å². The zero-order valence-electron chi connectivity index (χ0n) is 13.8. The van der Waals surface area contributed by atoms with Crippen molar-refractivity contribution in [3.05, 3.63) is 28.2 Å². The molecule has 1 heterocycles. The Bertz CT molecular complexity index is 550. The number of phenols is 1. The van der Waals surface area contributed by atoms with E-state index in [0.29, 0.717) is 19.5 Å². The Balaban J connectivity index is 2.23. The van der Waals surface area contributed by atoms with E-state index in [0.717, 1.165) is 10.0 Å². The van der Waals surface area contributed by atoms with Gasteiger partial charge in [0.15, 0.2) is 0 Å². The van der Waals surface area contributed by atoms with Crippen molar-refractivity contribution in [2.45, 2.75) is 38.7 Å². The van der Waals surface area contributed by atoms with Crippen LogP contribution in [0.3, 0.4) is 0 Å². The lowest BCUT2D eigenvalue weighted by Gasteiger charge is -2.24. The van der Waals surface area contributed by atoms with Crippen LogP contribution in [0.2, 0.25) is 0 Å². The van der Waals surface area contributed by atoms with E-state index in [2.05, 4.69) is 15.9 Å². The summed E-state index contributed by atoms with van der Waals surface area (Å²) in [4.78, 5) is 14.0. The lowest BCUT2D eigenvalue weighted by Crippen LogP contribution is -2.35. The largest absolute Gasteiger partial charge is 0.508 e. The van der Waals surface area contributed by atoms with Crippen molar-refractivity contribution in [3.63, 3.8) is 0 Å². The molecule has 23 heavy (non-hydrogen) atoms. The lowest BCUT2D eigenvalue weighted by atomic mass is 9.86. The maximum absolute atomic E-state index is 12.3. The molecule has 2 atom stereocenters. The van der Waals surface area contributed by atoms with Crippen molar-refractivity contribution < 1.29 is 19.7 Å². The molecule has 1 aliphatic heterocycles. The minimum Gasteiger partial charge on any atom is -0.508 e. The molecule has 1 fully saturated rings. The second-order valence-corrected chi connectivity index (χ2v) is 7.79. The van der Waals surface area contributed by atoms with Gasteiger partial charge in [-0.25, -0.2) is 4.79 Å². The number of carbonyl (C=O) groups is 1. The molecule has 1 aromatic rings. The summed E-state index contributed by atoms with van der Waals surface area (Å²) in [6.45, 7) is 6.54. The highest BCUT2D eigenvalue weighted by atomic mass is 79.9. The number of aliphatic hydroxyl groups excluding tert-OH is 1. The third-order valence-corrected chi connectivity index (χ3v) is 4.68. The van der Waals surface area contributed by atoms with Crippen LogP contribution in [0.1, 0.15) is 38.7 Å². The van der Waals surface area contributed by atoms with Crippen molar-refractivity contribution in [1.29, 1.82) is 0 Å². The third kappa shape index (κ3) is 4.38. The number of halogens is 1. The Labute approximate surface area is 145 Å². The second-order valence-electron chi connectivity index (χ2n) is 6.94. The van der Waals surface area contributed by atoms with Crippen LogP contribution in [0.25, 0.3) is 0 Å². The SMILES string of the molecule is CC(C)(C)OC(=O)N1C[C@H](CCO)[C@@H](c2c(O)cccc2Br)C1. The predicted molar refractivity (Wildman–Crippen MR) is 91.5 cm³/mol. The van der Waals surface area contributed by atoms with Crippen LogP contribution in [-0.4, -0.2) is 46.5 Å². The Morgan fingerprint density at radius 1 is 1.39 bits per heavy atom. The summed E-state index contributed by atoms with van der Waals surface area (Å²) in [6, 6.07) is 5.29. The van der Waals surface area contributed by atoms with E-state index in [4.69, 9.17) is 4.74 Å². The van der Waals surface area contributed by atoms with Crippen LogP contribution in [-0.2, 0) is 4.74 Å². The molecule has 0 unspecified atom stereocenters. The van der Waals surface area contributed by atoms with Crippen LogP contribution < -0.4 is 0 Å². The average Bonchev–Trinajstić information content (AvgIpc) is 2.81. The van der Waals surface area contributed by atoms with E-state index in [-0.39, 0.29) is 30.3 Å². The summed E-state index contributed by atoms with van der Waals surface area (Å²) in [5, 5.41) is 19.6. The van der Waals surface area contributed by atoms with E-state index in [1.165, 1.54) is 0 Å². The number of hydrogen-bond donors (Lipinski definition) is 2. The average molecular weight is 386 g/mol. The molecule has 1 aromatic carbocycles. The molecule has 6 heteroatoms. The van der Waals surface area contributed by atoms with E-state index in [1.807, 2.05) is 26.8 Å². The summed E-state index contributed by atoms with van der Waals surface area (Å²) in [5.74, 6) is 0.251. The van der Waals surface area contributed by atoms with Crippen molar-refractivity contribution in [3.8, 4) is 5.75 Å². The van der Waals surface area contributed by atoms with Crippen LogP contribution >= 0.6 is 15.9 Å². The maximum Gasteiger partial charge on any atom is 0.410 e. The lowest BCUT2D eigenvalue weighted by molar-refractivity contribution is 0.0284. The molecule has 0 aliphatic carbocycles. The van der Waals surface area contributed by atoms with Crippen molar-refractivity contribution in [2.24, 2.45) is 5.92 Å². The van der Waals surface area contributed by atoms with Gasteiger partial charge in [-0.05, 0) is 45.2 Å². The fourth-order valence-electron chi connectivity index (χ4n) is 3.02. The molecular formula is C17H24BrNO4. The number of phenolic OH excluding ortho intramolecular Hbond substituents is 1. The topological polar surface area (TPSA) is 70.0 Å². The third-order valence-electron chi connectivity index (χ3n) is 3.99. The highest BCUT2D eigenvalue weighted by Gasteiger charge is 2.39. The minimum atomic E-state index is -0.545. The Hall–Kier alpha value is -1.27. The van der Waals surface area contributed by atoms with E-state index < -0.39 is 5.60 Å². The summed E-state index contributed by atoms with van der Waals surface area (Å²) in [6.07, 6.45) is 0.222. The van der Waals surface area contributed by atoms with Crippen LogP contribution in [0.15, 0.2) is 22.7 Å². The molecule has 1 aliphatic rings. The number of rotatable bonds is 3. The zero-order valence-corrected chi connectivity index (χ0v) is 15.3. The quantitative estimate of drug-likeness (QED) is 0.835. The standard InChI is InChI=1S/C17H24BrNO4/c1-17(2,3)23-16(22)19-9-11(7-8-20)12(10-19)15-13(18)5-4-6-14(15)21/h4-6,11-12,20-21H,7-10H2,1-3H3/t11-,12-/m0/s1. The number of ether oxygens (including phenoxy) is 1. The summed E-state index contributed by atoms with van der Waals surface area (Å²) in [5.41, 5.74) is 0.244. The number of carbonyl (C=O) groups excluding carboxylic acids is 1. The molecule has 0 bridgehead atoms. The number of aromatic hydroxyl groups is 1. The molecule has 1 amide bonds. The van der Waals surface area contributed by atoms with Crippen molar-refractivity contribution >= 4 is 22.0 Å². The molecule has 1 saturated heterocycles. The van der Waals surface area contributed by atoms with Crippen molar-refractivity contribution in [2.75, 3.05) is 19.7 Å². The smallest absolute Gasteiger partial charge is 0.410 e. The molecular weight excluding hydrogens is 362 g/mol. The van der Waals surface area contributed by atoms with Gasteiger partial charge in [-0.3, -0.25) is 0 Å². The van der Waals surface area contributed by atoms with Crippen LogP contribution in [0, 0.1) is 5.92 Å². The van der Waals surface area contributed by atoms with Gasteiger partial charge in [-0.2, -0.15) is 0 Å². The first-order valence-electron chi connectivity index (χ1n) is 7.79. The molecule has 0 saturated carbocycles. The number of likely N-dealkylation sites (tertiary alicyclic amines) is 1. The molecule has 2 N–H and O–H groups in total. The number of amides is 1. The number of nitrogens with zero attached hydrogens (tertiary/aromatic N) is 1. The molecule has 0 spiro atoms. The molecule has 0 radical (unpaired) electrons. The number of aliphatic hydroxyl groups is 1.